The van der Waals surface area contributed by atoms with Crippen molar-refractivity contribution in [2.24, 2.45) is 17.1 Å². The van der Waals surface area contributed by atoms with Gasteiger partial charge in [-0.15, -0.1) is 0 Å². The quantitative estimate of drug-likeness (QED) is 0.307. The number of rotatable bonds is 7. The fourth-order valence-corrected chi connectivity index (χ4v) is 5.84. The number of aromatic nitrogens is 2. The number of anilines is 1. The first kappa shape index (κ1) is 27.2. The van der Waals surface area contributed by atoms with Gasteiger partial charge in [-0.3, -0.25) is 9.78 Å². The summed E-state index contributed by atoms with van der Waals surface area (Å²) < 4.78 is 38.6. The Morgan fingerprint density at radius 2 is 1.95 bits per heavy atom. The number of aryl methyl sites for hydroxylation is 1. The maximum Gasteiger partial charge on any atom is 0.274 e. The summed E-state index contributed by atoms with van der Waals surface area (Å²) in [4.78, 5) is 21.6. The summed E-state index contributed by atoms with van der Waals surface area (Å²) in [5.74, 6) is -0.868. The predicted octanol–water partition coefficient (Wildman–Crippen LogP) is 6.43. The highest BCUT2D eigenvalue weighted by Crippen LogP contribution is 2.46. The molecule has 1 saturated carbocycles. The van der Waals surface area contributed by atoms with E-state index in [0.717, 1.165) is 42.9 Å². The molecular formula is C28H32F2N4O2S. The summed E-state index contributed by atoms with van der Waals surface area (Å²) in [7, 11) is 0. The van der Waals surface area contributed by atoms with Crippen molar-refractivity contribution < 1.29 is 18.1 Å². The van der Waals surface area contributed by atoms with E-state index < -0.39 is 17.5 Å². The lowest BCUT2D eigenvalue weighted by Gasteiger charge is -2.42. The van der Waals surface area contributed by atoms with E-state index in [1.807, 2.05) is 6.07 Å². The molecule has 0 aliphatic heterocycles. The van der Waals surface area contributed by atoms with Gasteiger partial charge in [-0.05, 0) is 90.9 Å². The van der Waals surface area contributed by atoms with Gasteiger partial charge in [-0.25, -0.2) is 13.8 Å². The van der Waals surface area contributed by atoms with Gasteiger partial charge in [0.1, 0.15) is 23.0 Å². The largest absolute Gasteiger partial charge is 0.330 e. The molecule has 1 amide bonds. The fraction of sp³-hybridized carbons (Fsp3) is 0.393. The zero-order chi connectivity index (χ0) is 26.7. The number of amides is 1. The second-order valence-electron chi connectivity index (χ2n) is 10.5. The van der Waals surface area contributed by atoms with E-state index in [-0.39, 0.29) is 34.3 Å². The molecule has 0 bridgehead atoms. The summed E-state index contributed by atoms with van der Waals surface area (Å²) in [5, 5.41) is 2.88. The summed E-state index contributed by atoms with van der Waals surface area (Å²) in [6, 6.07) is 8.72. The molecule has 3 unspecified atom stereocenters. The molecule has 2 aromatic heterocycles. The van der Waals surface area contributed by atoms with E-state index in [9.17, 15) is 18.1 Å². The molecule has 4 rings (SSSR count). The highest BCUT2D eigenvalue weighted by molar-refractivity contribution is 7.93. The number of nitrogens with zero attached hydrogens (tertiary/aromatic N) is 2. The Balaban J connectivity index is 1.61. The summed E-state index contributed by atoms with van der Waals surface area (Å²) >= 11 is 0.847. The Morgan fingerprint density at radius 3 is 2.68 bits per heavy atom. The lowest BCUT2D eigenvalue weighted by Crippen LogP contribution is -2.39. The molecule has 0 spiro atoms. The third kappa shape index (κ3) is 6.00. The Labute approximate surface area is 220 Å². The van der Waals surface area contributed by atoms with Crippen LogP contribution in [0.25, 0.3) is 11.3 Å². The monoisotopic (exact) mass is 526 g/mol. The van der Waals surface area contributed by atoms with Crippen LogP contribution in [0.15, 0.2) is 48.8 Å². The molecule has 6 nitrogen and oxygen atoms in total. The number of halogens is 2. The van der Waals surface area contributed by atoms with Crippen LogP contribution in [0.1, 0.15) is 60.6 Å². The number of pyridine rings is 2. The second-order valence-corrected chi connectivity index (χ2v) is 11.0. The lowest BCUT2D eigenvalue weighted by atomic mass is 9.66. The number of nitrogens with one attached hydrogen (secondary N) is 1. The minimum Gasteiger partial charge on any atom is -0.330 e. The van der Waals surface area contributed by atoms with Crippen LogP contribution in [0.3, 0.4) is 0 Å². The highest BCUT2D eigenvalue weighted by atomic mass is 32.2. The molecule has 2 heterocycles. The SMILES string of the molecule is Cc1cccc(F)c1-c1nc(C(=O)Nc2cnccc2C2CC(N)CC(C(C)(C)CSO)C2)ccc1F. The van der Waals surface area contributed by atoms with E-state index in [4.69, 9.17) is 5.73 Å². The molecule has 1 aromatic carbocycles. The topological polar surface area (TPSA) is 101 Å². The van der Waals surface area contributed by atoms with Crippen LogP contribution < -0.4 is 11.1 Å². The minimum absolute atomic E-state index is 0.00577. The van der Waals surface area contributed by atoms with Crippen LogP contribution in [0.2, 0.25) is 0 Å². The molecule has 37 heavy (non-hydrogen) atoms. The molecule has 196 valence electrons. The van der Waals surface area contributed by atoms with Gasteiger partial charge in [0, 0.05) is 23.6 Å². The molecule has 3 atom stereocenters. The maximum atomic E-state index is 14.6. The molecule has 0 saturated heterocycles. The normalized spacial score (nSPS) is 20.0. The number of nitrogens with two attached hydrogens (primary N) is 1. The predicted molar refractivity (Wildman–Crippen MR) is 143 cm³/mol. The van der Waals surface area contributed by atoms with E-state index in [1.54, 1.807) is 25.4 Å². The Kier molecular flexibility index (Phi) is 8.26. The molecule has 0 radical (unpaired) electrons. The smallest absolute Gasteiger partial charge is 0.274 e. The average molecular weight is 527 g/mol. The van der Waals surface area contributed by atoms with Gasteiger partial charge in [0.25, 0.3) is 5.91 Å². The number of carbonyl (C=O) groups is 1. The van der Waals surface area contributed by atoms with Crippen LogP contribution in [-0.4, -0.2) is 32.2 Å². The van der Waals surface area contributed by atoms with Crippen molar-refractivity contribution in [2.45, 2.75) is 52.0 Å². The maximum absolute atomic E-state index is 14.6. The van der Waals surface area contributed by atoms with Crippen LogP contribution >= 0.6 is 12.0 Å². The van der Waals surface area contributed by atoms with Crippen molar-refractivity contribution in [2.75, 3.05) is 11.1 Å². The number of hydrogen-bond acceptors (Lipinski definition) is 6. The molecule has 9 heteroatoms. The van der Waals surface area contributed by atoms with Gasteiger partial charge in [0.05, 0.1) is 11.9 Å². The van der Waals surface area contributed by atoms with Gasteiger partial charge in [0.15, 0.2) is 0 Å². The number of hydrogen-bond donors (Lipinski definition) is 3. The van der Waals surface area contributed by atoms with Gasteiger partial charge in [0.2, 0.25) is 0 Å². The van der Waals surface area contributed by atoms with E-state index in [0.29, 0.717) is 22.9 Å². The van der Waals surface area contributed by atoms with Gasteiger partial charge in [-0.2, -0.15) is 0 Å². The molecule has 4 N–H and O–H groups in total. The molecular weight excluding hydrogens is 494 g/mol. The van der Waals surface area contributed by atoms with Crippen molar-refractivity contribution >= 4 is 23.6 Å². The van der Waals surface area contributed by atoms with Crippen molar-refractivity contribution in [1.82, 2.24) is 9.97 Å². The zero-order valence-corrected chi connectivity index (χ0v) is 22.0. The van der Waals surface area contributed by atoms with Crippen LogP contribution in [0, 0.1) is 29.9 Å². The zero-order valence-electron chi connectivity index (χ0n) is 21.2. The van der Waals surface area contributed by atoms with Crippen LogP contribution in [0.4, 0.5) is 14.5 Å². The Bertz CT molecular complexity index is 1270. The molecule has 1 aliphatic rings. The van der Waals surface area contributed by atoms with E-state index >= 15 is 0 Å². The van der Waals surface area contributed by atoms with E-state index in [2.05, 4.69) is 29.1 Å². The third-order valence-corrected chi connectivity index (χ3v) is 8.24. The lowest BCUT2D eigenvalue weighted by molar-refractivity contribution is 0.102. The second kappa shape index (κ2) is 11.2. The highest BCUT2D eigenvalue weighted by Gasteiger charge is 2.38. The first-order chi connectivity index (χ1) is 17.6. The average Bonchev–Trinajstić information content (AvgIpc) is 2.85. The molecule has 1 fully saturated rings. The van der Waals surface area contributed by atoms with E-state index in [1.165, 1.54) is 18.2 Å². The summed E-state index contributed by atoms with van der Waals surface area (Å²) in [6.07, 6.45) is 5.76. The Hall–Kier alpha value is -2.88. The Morgan fingerprint density at radius 1 is 1.16 bits per heavy atom. The summed E-state index contributed by atoms with van der Waals surface area (Å²) in [6.45, 7) is 5.94. The van der Waals surface area contributed by atoms with Crippen molar-refractivity contribution in [3.63, 3.8) is 0 Å². The first-order valence-electron chi connectivity index (χ1n) is 12.3. The van der Waals surface area contributed by atoms with Crippen LogP contribution in [0.5, 0.6) is 0 Å². The molecule has 3 aromatic rings. The van der Waals surface area contributed by atoms with Crippen molar-refractivity contribution in [3.05, 3.63) is 77.2 Å². The number of benzene rings is 1. The standard InChI is InChI=1S/C28H32F2N4O2S/c1-16-5-4-6-21(29)25(16)26-22(30)7-8-23(33-26)27(35)34-24-14-32-10-9-20(24)17-11-18(13-19(31)12-17)28(2,3)15-37-36/h4-10,14,17-19,36H,11-13,15,31H2,1-3H3,(H,34,35). The van der Waals surface area contributed by atoms with Gasteiger partial charge in [-0.1, -0.05) is 26.0 Å². The van der Waals surface area contributed by atoms with Gasteiger partial charge < -0.3 is 15.6 Å². The van der Waals surface area contributed by atoms with Crippen LogP contribution in [-0.2, 0) is 0 Å². The number of carbonyl (C=O) groups excluding carboxylic acids is 1. The summed E-state index contributed by atoms with van der Waals surface area (Å²) in [5.41, 5.74) is 8.11. The third-order valence-electron chi connectivity index (χ3n) is 7.37. The van der Waals surface area contributed by atoms with Crippen molar-refractivity contribution in [3.8, 4) is 11.3 Å². The molecule has 1 aliphatic carbocycles. The fourth-order valence-electron chi connectivity index (χ4n) is 5.27. The minimum atomic E-state index is -0.710. The van der Waals surface area contributed by atoms with Crippen molar-refractivity contribution in [1.29, 1.82) is 0 Å². The first-order valence-corrected chi connectivity index (χ1v) is 13.2. The van der Waals surface area contributed by atoms with Gasteiger partial charge >= 0.3 is 0 Å².